The smallest absolute Gasteiger partial charge is 0.189 e. The Morgan fingerprint density at radius 3 is 2.96 bits per heavy atom. The summed E-state index contributed by atoms with van der Waals surface area (Å²) in [6, 6.07) is 15.7. The molecule has 5 rings (SSSR count). The molecule has 2 N–H and O–H groups in total. The third-order valence-electron chi connectivity index (χ3n) is 5.06. The SMILES string of the molecule is c1cncc([C@@H]2Nc3ccccc3[C@@H]3c4ccsc4CC[NH+]32)c1. The summed E-state index contributed by atoms with van der Waals surface area (Å²) >= 11 is 1.91. The van der Waals surface area contributed by atoms with Crippen molar-refractivity contribution in [3.05, 3.63) is 81.8 Å². The van der Waals surface area contributed by atoms with Crippen LogP contribution in [0.25, 0.3) is 0 Å². The Kier molecular flexibility index (Phi) is 2.99. The summed E-state index contributed by atoms with van der Waals surface area (Å²) in [5.74, 6) is 0. The van der Waals surface area contributed by atoms with Crippen molar-refractivity contribution in [3.63, 3.8) is 0 Å². The number of benzene rings is 1. The molecule has 1 unspecified atom stereocenters. The minimum Gasteiger partial charge on any atom is -0.332 e. The van der Waals surface area contributed by atoms with Crippen molar-refractivity contribution < 1.29 is 4.90 Å². The molecule has 0 aliphatic carbocycles. The molecular weight excluding hydrogens is 302 g/mol. The minimum absolute atomic E-state index is 0.261. The van der Waals surface area contributed by atoms with Crippen LogP contribution in [0.4, 0.5) is 5.69 Å². The van der Waals surface area contributed by atoms with Gasteiger partial charge in [0, 0.05) is 46.1 Å². The molecule has 0 fully saturated rings. The third-order valence-corrected chi connectivity index (χ3v) is 6.06. The lowest BCUT2D eigenvalue weighted by molar-refractivity contribution is -0.956. The van der Waals surface area contributed by atoms with Crippen molar-refractivity contribution in [1.82, 2.24) is 4.98 Å². The van der Waals surface area contributed by atoms with E-state index in [4.69, 9.17) is 0 Å². The number of rotatable bonds is 1. The van der Waals surface area contributed by atoms with Crippen LogP contribution in [0.1, 0.15) is 33.8 Å². The summed E-state index contributed by atoms with van der Waals surface area (Å²) in [6.07, 6.45) is 5.27. The van der Waals surface area contributed by atoms with E-state index in [1.54, 1.807) is 9.78 Å². The number of aromatic nitrogens is 1. The molecule has 1 aromatic carbocycles. The van der Waals surface area contributed by atoms with Crippen LogP contribution in [0.3, 0.4) is 0 Å². The molecule has 0 spiro atoms. The monoisotopic (exact) mass is 320 g/mol. The zero-order valence-electron chi connectivity index (χ0n) is 12.7. The number of anilines is 1. The van der Waals surface area contributed by atoms with E-state index >= 15 is 0 Å². The molecule has 3 nitrogen and oxygen atoms in total. The van der Waals surface area contributed by atoms with E-state index in [2.05, 4.69) is 52.1 Å². The Morgan fingerprint density at radius 1 is 1.09 bits per heavy atom. The van der Waals surface area contributed by atoms with Crippen LogP contribution in [-0.4, -0.2) is 11.5 Å². The highest BCUT2D eigenvalue weighted by atomic mass is 32.1. The standard InChI is InChI=1S/C19H17N3S/c1-2-6-16-14(5-1)18-15-8-11-23-17(15)7-10-22(18)19(21-16)13-4-3-9-20-12-13/h1-6,8-9,11-12,18-19,21H,7,10H2/p+1/t18-,19-/m1/s1. The number of hydrogen-bond acceptors (Lipinski definition) is 3. The molecule has 4 heterocycles. The van der Waals surface area contributed by atoms with Gasteiger partial charge < -0.3 is 10.2 Å². The lowest BCUT2D eigenvalue weighted by Gasteiger charge is -2.43. The molecular formula is C19H18N3S+. The number of para-hydroxylation sites is 1. The van der Waals surface area contributed by atoms with Crippen LogP contribution in [0, 0.1) is 0 Å². The maximum atomic E-state index is 4.34. The molecule has 0 bridgehead atoms. The normalized spacial score (nSPS) is 25.0. The predicted octanol–water partition coefficient (Wildman–Crippen LogP) is 2.80. The molecule has 4 heteroatoms. The first-order valence-electron chi connectivity index (χ1n) is 8.09. The fourth-order valence-corrected chi connectivity index (χ4v) is 4.98. The molecule has 114 valence electrons. The van der Waals surface area contributed by atoms with Gasteiger partial charge in [-0.05, 0) is 29.6 Å². The van der Waals surface area contributed by atoms with Crippen molar-refractivity contribution in [2.75, 3.05) is 11.9 Å². The second kappa shape index (κ2) is 5.18. The lowest BCUT2D eigenvalue weighted by Crippen LogP contribution is -3.15. The van der Waals surface area contributed by atoms with Crippen molar-refractivity contribution in [3.8, 4) is 0 Å². The number of fused-ring (bicyclic) bond motifs is 5. The summed E-state index contributed by atoms with van der Waals surface area (Å²) in [5.41, 5.74) is 5.45. The lowest BCUT2D eigenvalue weighted by atomic mass is 9.88. The van der Waals surface area contributed by atoms with Crippen molar-refractivity contribution >= 4 is 17.0 Å². The zero-order chi connectivity index (χ0) is 15.2. The van der Waals surface area contributed by atoms with Gasteiger partial charge in [0.2, 0.25) is 0 Å². The Balaban J connectivity index is 1.69. The number of nitrogens with zero attached hydrogens (tertiary/aromatic N) is 1. The fourth-order valence-electron chi connectivity index (χ4n) is 4.06. The van der Waals surface area contributed by atoms with E-state index in [0.717, 1.165) is 6.54 Å². The molecule has 3 atom stereocenters. The molecule has 2 aliphatic rings. The minimum atomic E-state index is 0.261. The molecule has 2 aromatic heterocycles. The first kappa shape index (κ1) is 13.3. The van der Waals surface area contributed by atoms with Gasteiger partial charge in [-0.2, -0.15) is 0 Å². The summed E-state index contributed by atoms with van der Waals surface area (Å²) in [4.78, 5) is 7.48. The van der Waals surface area contributed by atoms with E-state index in [0.29, 0.717) is 6.04 Å². The Morgan fingerprint density at radius 2 is 2.04 bits per heavy atom. The average molecular weight is 320 g/mol. The summed E-state index contributed by atoms with van der Waals surface area (Å²) in [6.45, 7) is 1.15. The average Bonchev–Trinajstić information content (AvgIpc) is 3.10. The largest absolute Gasteiger partial charge is 0.332 e. The first-order chi connectivity index (χ1) is 11.4. The molecule has 0 amide bonds. The Hall–Kier alpha value is -2.17. The van der Waals surface area contributed by atoms with Crippen LogP contribution in [0.2, 0.25) is 0 Å². The maximum Gasteiger partial charge on any atom is 0.189 e. The van der Waals surface area contributed by atoms with Gasteiger partial charge in [-0.3, -0.25) is 4.98 Å². The van der Waals surface area contributed by atoms with Gasteiger partial charge in [-0.25, -0.2) is 0 Å². The van der Waals surface area contributed by atoms with Crippen LogP contribution in [0.15, 0.2) is 60.2 Å². The van der Waals surface area contributed by atoms with Gasteiger partial charge in [0.1, 0.15) is 6.04 Å². The highest BCUT2D eigenvalue weighted by Crippen LogP contribution is 2.37. The van der Waals surface area contributed by atoms with E-state index < -0.39 is 0 Å². The van der Waals surface area contributed by atoms with E-state index in [-0.39, 0.29) is 6.17 Å². The van der Waals surface area contributed by atoms with E-state index in [9.17, 15) is 0 Å². The molecule has 23 heavy (non-hydrogen) atoms. The second-order valence-corrected chi connectivity index (χ2v) is 7.26. The molecule has 0 saturated carbocycles. The second-order valence-electron chi connectivity index (χ2n) is 6.26. The van der Waals surface area contributed by atoms with Crippen molar-refractivity contribution in [2.24, 2.45) is 0 Å². The third kappa shape index (κ3) is 2.02. The summed E-state index contributed by atoms with van der Waals surface area (Å²) in [5, 5.41) is 6.01. The zero-order valence-corrected chi connectivity index (χ0v) is 13.5. The van der Waals surface area contributed by atoms with Crippen LogP contribution in [0.5, 0.6) is 0 Å². The van der Waals surface area contributed by atoms with Crippen molar-refractivity contribution in [2.45, 2.75) is 18.6 Å². The number of nitrogens with one attached hydrogen (secondary N) is 2. The summed E-state index contributed by atoms with van der Waals surface area (Å²) in [7, 11) is 0. The number of thiophene rings is 1. The highest BCUT2D eigenvalue weighted by Gasteiger charge is 2.43. The van der Waals surface area contributed by atoms with E-state index in [1.165, 1.54) is 28.8 Å². The topological polar surface area (TPSA) is 29.4 Å². The van der Waals surface area contributed by atoms with Crippen LogP contribution >= 0.6 is 11.3 Å². The highest BCUT2D eigenvalue weighted by molar-refractivity contribution is 7.10. The van der Waals surface area contributed by atoms with Gasteiger partial charge in [-0.15, -0.1) is 11.3 Å². The predicted molar refractivity (Wildman–Crippen MR) is 92.7 cm³/mol. The van der Waals surface area contributed by atoms with Gasteiger partial charge in [0.25, 0.3) is 0 Å². The van der Waals surface area contributed by atoms with Gasteiger partial charge in [0.05, 0.1) is 6.54 Å². The van der Waals surface area contributed by atoms with Crippen LogP contribution in [-0.2, 0) is 6.42 Å². The molecule has 2 aliphatic heterocycles. The first-order valence-corrected chi connectivity index (χ1v) is 8.97. The Bertz CT molecular complexity index is 843. The molecule has 0 radical (unpaired) electrons. The quantitative estimate of drug-likeness (QED) is 0.722. The van der Waals surface area contributed by atoms with E-state index in [1.807, 2.05) is 29.8 Å². The van der Waals surface area contributed by atoms with Crippen molar-refractivity contribution in [1.29, 1.82) is 0 Å². The number of quaternary nitrogens is 1. The molecule has 0 saturated heterocycles. The fraction of sp³-hybridized carbons (Fsp3) is 0.211. The van der Waals surface area contributed by atoms with Crippen LogP contribution < -0.4 is 10.2 Å². The van der Waals surface area contributed by atoms with Gasteiger partial charge in [0.15, 0.2) is 6.17 Å². The Labute approximate surface area is 139 Å². The summed E-state index contributed by atoms with van der Waals surface area (Å²) < 4.78 is 0. The number of pyridine rings is 1. The maximum absolute atomic E-state index is 4.34. The number of hydrogen-bond donors (Lipinski definition) is 2. The van der Waals surface area contributed by atoms with Gasteiger partial charge >= 0.3 is 0 Å². The van der Waals surface area contributed by atoms with Gasteiger partial charge in [-0.1, -0.05) is 18.2 Å². The molecule has 3 aromatic rings.